The van der Waals surface area contributed by atoms with E-state index in [2.05, 4.69) is 30.0 Å². The molecule has 1 unspecified atom stereocenters. The van der Waals surface area contributed by atoms with Crippen LogP contribution in [0.25, 0.3) is 0 Å². The Hall–Kier alpha value is -1.02. The van der Waals surface area contributed by atoms with Crippen molar-refractivity contribution in [2.45, 2.75) is 44.9 Å². The molecule has 104 valence electrons. The predicted molar refractivity (Wildman–Crippen MR) is 81.8 cm³/mol. The number of nitrogens with two attached hydrogens (primary N) is 1. The van der Waals surface area contributed by atoms with Crippen molar-refractivity contribution < 1.29 is 0 Å². The Balaban J connectivity index is 1.73. The van der Waals surface area contributed by atoms with Crippen LogP contribution in [0.2, 0.25) is 0 Å². The smallest absolute Gasteiger partial charge is 0.0399 e. The van der Waals surface area contributed by atoms with Crippen LogP contribution >= 0.6 is 0 Å². The maximum Gasteiger partial charge on any atom is 0.0399 e. The molecule has 2 aliphatic rings. The first-order valence-corrected chi connectivity index (χ1v) is 7.85. The van der Waals surface area contributed by atoms with Crippen LogP contribution in [0, 0.1) is 5.92 Å². The molecule has 0 bridgehead atoms. The van der Waals surface area contributed by atoms with Gasteiger partial charge >= 0.3 is 0 Å². The van der Waals surface area contributed by atoms with Crippen molar-refractivity contribution in [3.63, 3.8) is 0 Å². The Bertz CT molecular complexity index is 435. The molecule has 2 nitrogen and oxygen atoms in total. The van der Waals surface area contributed by atoms with Crippen LogP contribution in [0.15, 0.2) is 18.2 Å². The van der Waals surface area contributed by atoms with Crippen LogP contribution in [0.1, 0.15) is 49.7 Å². The van der Waals surface area contributed by atoms with Gasteiger partial charge in [-0.05, 0) is 54.8 Å². The molecule has 0 spiro atoms. The first-order valence-electron chi connectivity index (χ1n) is 7.85. The lowest BCUT2D eigenvalue weighted by Crippen LogP contribution is -2.26. The molecule has 1 aromatic rings. The number of rotatable bonds is 4. The molecule has 0 saturated heterocycles. The van der Waals surface area contributed by atoms with E-state index in [1.807, 2.05) is 0 Å². The summed E-state index contributed by atoms with van der Waals surface area (Å²) in [5.74, 6) is 1.42. The minimum absolute atomic E-state index is 0.481. The molecule has 19 heavy (non-hydrogen) atoms. The third-order valence-corrected chi connectivity index (χ3v) is 4.97. The monoisotopic (exact) mass is 258 g/mol. The maximum absolute atomic E-state index is 5.78. The van der Waals surface area contributed by atoms with E-state index in [1.165, 1.54) is 62.0 Å². The van der Waals surface area contributed by atoms with Crippen LogP contribution in [-0.4, -0.2) is 19.6 Å². The number of hydrogen-bond acceptors (Lipinski definition) is 2. The highest BCUT2D eigenvalue weighted by molar-refractivity contribution is 5.59. The number of fused-ring (bicyclic) bond motifs is 1. The van der Waals surface area contributed by atoms with Gasteiger partial charge in [0.1, 0.15) is 0 Å². The molecule has 1 aliphatic carbocycles. The second-order valence-corrected chi connectivity index (χ2v) is 6.37. The highest BCUT2D eigenvalue weighted by atomic mass is 15.1. The molecule has 2 heteroatoms. The topological polar surface area (TPSA) is 29.3 Å². The average molecular weight is 258 g/mol. The molecular weight excluding hydrogens is 232 g/mol. The van der Waals surface area contributed by atoms with Crippen molar-refractivity contribution in [1.82, 2.24) is 0 Å². The zero-order valence-corrected chi connectivity index (χ0v) is 12.1. The molecule has 1 aliphatic heterocycles. The van der Waals surface area contributed by atoms with Gasteiger partial charge in [-0.2, -0.15) is 0 Å². The van der Waals surface area contributed by atoms with E-state index in [-0.39, 0.29) is 0 Å². The molecule has 0 aromatic heterocycles. The van der Waals surface area contributed by atoms with Crippen molar-refractivity contribution in [2.24, 2.45) is 11.7 Å². The minimum Gasteiger partial charge on any atom is -0.371 e. The summed E-state index contributed by atoms with van der Waals surface area (Å²) in [5, 5.41) is 0. The van der Waals surface area contributed by atoms with Crippen LogP contribution in [0.4, 0.5) is 5.69 Å². The van der Waals surface area contributed by atoms with Crippen molar-refractivity contribution in [2.75, 3.05) is 24.5 Å². The van der Waals surface area contributed by atoms with E-state index in [0.717, 1.165) is 12.5 Å². The quantitative estimate of drug-likeness (QED) is 0.898. The molecular formula is C17H26N2. The summed E-state index contributed by atoms with van der Waals surface area (Å²) in [6.07, 6.45) is 6.98. The molecule has 0 radical (unpaired) electrons. The van der Waals surface area contributed by atoms with Gasteiger partial charge in [0.2, 0.25) is 0 Å². The highest BCUT2D eigenvalue weighted by Gasteiger charge is 2.24. The zero-order valence-electron chi connectivity index (χ0n) is 12.1. The first kappa shape index (κ1) is 13.0. The van der Waals surface area contributed by atoms with Crippen LogP contribution in [0.5, 0.6) is 0 Å². The fourth-order valence-corrected chi connectivity index (χ4v) is 3.63. The normalized spacial score (nSPS) is 20.8. The summed E-state index contributed by atoms with van der Waals surface area (Å²) in [5.41, 5.74) is 10.2. The van der Waals surface area contributed by atoms with Gasteiger partial charge in [0.15, 0.2) is 0 Å². The van der Waals surface area contributed by atoms with E-state index in [1.54, 1.807) is 0 Å². The standard InChI is InChI=1S/C17H26N2/c1-13(11-18)15-6-7-17-16(10-15)8-9-19(17)12-14-4-2-3-5-14/h6-7,10,13-14H,2-5,8-9,11-12,18H2,1H3. The lowest BCUT2D eigenvalue weighted by molar-refractivity contribution is 0.538. The Kier molecular flexibility index (Phi) is 3.79. The molecule has 1 fully saturated rings. The van der Waals surface area contributed by atoms with Gasteiger partial charge in [-0.15, -0.1) is 0 Å². The average Bonchev–Trinajstić information content (AvgIpc) is 3.08. The van der Waals surface area contributed by atoms with Gasteiger partial charge in [0.25, 0.3) is 0 Å². The van der Waals surface area contributed by atoms with Gasteiger partial charge in [-0.25, -0.2) is 0 Å². The molecule has 1 saturated carbocycles. The van der Waals surface area contributed by atoms with Crippen LogP contribution in [-0.2, 0) is 6.42 Å². The van der Waals surface area contributed by atoms with Crippen LogP contribution < -0.4 is 10.6 Å². The number of hydrogen-bond donors (Lipinski definition) is 1. The number of nitrogens with zero attached hydrogens (tertiary/aromatic N) is 1. The predicted octanol–water partition coefficient (Wildman–Crippen LogP) is 3.30. The second kappa shape index (κ2) is 5.54. The lowest BCUT2D eigenvalue weighted by atomic mass is 9.98. The summed E-state index contributed by atoms with van der Waals surface area (Å²) < 4.78 is 0. The third kappa shape index (κ3) is 2.64. The summed E-state index contributed by atoms with van der Waals surface area (Å²) in [4.78, 5) is 2.61. The van der Waals surface area contributed by atoms with Gasteiger partial charge in [0.05, 0.1) is 0 Å². The molecule has 1 atom stereocenters. The third-order valence-electron chi connectivity index (χ3n) is 4.97. The minimum atomic E-state index is 0.481. The van der Waals surface area contributed by atoms with Crippen molar-refractivity contribution in [3.8, 4) is 0 Å². The zero-order chi connectivity index (χ0) is 13.2. The van der Waals surface area contributed by atoms with Gasteiger partial charge in [0, 0.05) is 18.8 Å². The summed E-state index contributed by atoms with van der Waals surface area (Å²) >= 11 is 0. The maximum atomic E-state index is 5.78. The Labute approximate surface area is 117 Å². The van der Waals surface area contributed by atoms with Gasteiger partial charge in [-0.1, -0.05) is 31.9 Å². The first-order chi connectivity index (χ1) is 9.28. The van der Waals surface area contributed by atoms with Crippen molar-refractivity contribution in [1.29, 1.82) is 0 Å². The fraction of sp³-hybridized carbons (Fsp3) is 0.647. The van der Waals surface area contributed by atoms with Gasteiger partial charge < -0.3 is 10.6 Å². The fourth-order valence-electron chi connectivity index (χ4n) is 3.63. The van der Waals surface area contributed by atoms with Crippen LogP contribution in [0.3, 0.4) is 0 Å². The number of benzene rings is 1. The van der Waals surface area contributed by atoms with Gasteiger partial charge in [-0.3, -0.25) is 0 Å². The Morgan fingerprint density at radius 1 is 1.32 bits per heavy atom. The molecule has 2 N–H and O–H groups in total. The highest BCUT2D eigenvalue weighted by Crippen LogP contribution is 2.34. The molecule has 1 heterocycles. The van der Waals surface area contributed by atoms with E-state index in [9.17, 15) is 0 Å². The van der Waals surface area contributed by atoms with Crippen molar-refractivity contribution in [3.05, 3.63) is 29.3 Å². The number of anilines is 1. The summed E-state index contributed by atoms with van der Waals surface area (Å²) in [7, 11) is 0. The molecule has 1 aromatic carbocycles. The van der Waals surface area contributed by atoms with E-state index >= 15 is 0 Å². The second-order valence-electron chi connectivity index (χ2n) is 6.37. The van der Waals surface area contributed by atoms with E-state index in [0.29, 0.717) is 5.92 Å². The largest absolute Gasteiger partial charge is 0.371 e. The molecule has 0 amide bonds. The lowest BCUT2D eigenvalue weighted by Gasteiger charge is -2.23. The Morgan fingerprint density at radius 2 is 2.11 bits per heavy atom. The molecule has 3 rings (SSSR count). The summed E-state index contributed by atoms with van der Waals surface area (Å²) in [6, 6.07) is 7.00. The van der Waals surface area contributed by atoms with E-state index in [4.69, 9.17) is 5.73 Å². The summed E-state index contributed by atoms with van der Waals surface area (Å²) in [6.45, 7) is 5.45. The van der Waals surface area contributed by atoms with Crippen molar-refractivity contribution >= 4 is 5.69 Å². The van der Waals surface area contributed by atoms with E-state index < -0.39 is 0 Å². The SMILES string of the molecule is CC(CN)c1ccc2c(c1)CCN2CC1CCCC1. The Morgan fingerprint density at radius 3 is 2.84 bits per heavy atom.